The van der Waals surface area contributed by atoms with E-state index in [1.165, 1.54) is 12.2 Å². The highest BCUT2D eigenvalue weighted by molar-refractivity contribution is 7.99. The van der Waals surface area contributed by atoms with Crippen molar-refractivity contribution < 1.29 is 14.6 Å². The van der Waals surface area contributed by atoms with E-state index in [2.05, 4.69) is 5.32 Å². The number of thioether (sulfide) groups is 1. The van der Waals surface area contributed by atoms with E-state index < -0.39 is 0 Å². The smallest absolute Gasteiger partial charge is 0.231 e. The van der Waals surface area contributed by atoms with Gasteiger partial charge in [-0.3, -0.25) is 0 Å². The lowest BCUT2D eigenvalue weighted by atomic mass is 10.1. The molecule has 1 atom stereocenters. The Kier molecular flexibility index (Phi) is 3.03. The fourth-order valence-corrected chi connectivity index (χ4v) is 3.25. The topological polar surface area (TPSA) is 50.7 Å². The van der Waals surface area contributed by atoms with Crippen molar-refractivity contribution in [2.24, 2.45) is 0 Å². The molecule has 2 N–H and O–H groups in total. The van der Waals surface area contributed by atoms with Crippen molar-refractivity contribution in [3.05, 3.63) is 17.7 Å². The minimum absolute atomic E-state index is 0.241. The largest absolute Gasteiger partial charge is 0.507 e. The first-order valence-electron chi connectivity index (χ1n) is 5.75. The monoisotopic (exact) mass is 253 g/mol. The van der Waals surface area contributed by atoms with Crippen LogP contribution < -0.4 is 14.8 Å². The fraction of sp³-hybridized carbons (Fsp3) is 0.500. The summed E-state index contributed by atoms with van der Waals surface area (Å²) < 4.78 is 10.5. The van der Waals surface area contributed by atoms with Gasteiger partial charge in [0.25, 0.3) is 0 Å². The van der Waals surface area contributed by atoms with E-state index in [-0.39, 0.29) is 12.5 Å². The van der Waals surface area contributed by atoms with Crippen molar-refractivity contribution in [2.45, 2.75) is 19.0 Å². The van der Waals surface area contributed by atoms with Gasteiger partial charge in [0.2, 0.25) is 6.79 Å². The minimum atomic E-state index is 0.241. The zero-order valence-corrected chi connectivity index (χ0v) is 10.3. The average molecular weight is 253 g/mol. The quantitative estimate of drug-likeness (QED) is 0.859. The van der Waals surface area contributed by atoms with Gasteiger partial charge in [-0.15, -0.1) is 0 Å². The van der Waals surface area contributed by atoms with E-state index in [9.17, 15) is 5.11 Å². The number of nitrogens with one attached hydrogen (secondary N) is 1. The SMILES string of the molecule is Oc1cc2c(cc1CNC1CCSC1)OCO2. The molecule has 17 heavy (non-hydrogen) atoms. The molecule has 5 heteroatoms. The second-order valence-corrected chi connectivity index (χ2v) is 5.43. The molecule has 0 aromatic heterocycles. The predicted molar refractivity (Wildman–Crippen MR) is 66.8 cm³/mol. The highest BCUT2D eigenvalue weighted by atomic mass is 32.2. The van der Waals surface area contributed by atoms with Gasteiger partial charge in [-0.1, -0.05) is 0 Å². The van der Waals surface area contributed by atoms with Crippen LogP contribution in [0.15, 0.2) is 12.1 Å². The van der Waals surface area contributed by atoms with Crippen LogP contribution in [-0.2, 0) is 6.54 Å². The molecule has 3 rings (SSSR count). The molecule has 1 unspecified atom stereocenters. The molecule has 2 aliphatic rings. The van der Waals surface area contributed by atoms with Crippen molar-refractivity contribution >= 4 is 11.8 Å². The number of hydrogen-bond acceptors (Lipinski definition) is 5. The van der Waals surface area contributed by atoms with Crippen LogP contribution in [0.25, 0.3) is 0 Å². The number of rotatable bonds is 3. The molecule has 0 spiro atoms. The molecule has 4 nitrogen and oxygen atoms in total. The lowest BCUT2D eigenvalue weighted by Gasteiger charge is -2.12. The van der Waals surface area contributed by atoms with E-state index >= 15 is 0 Å². The van der Waals surface area contributed by atoms with Crippen LogP contribution in [-0.4, -0.2) is 29.4 Å². The van der Waals surface area contributed by atoms with E-state index in [4.69, 9.17) is 9.47 Å². The molecule has 92 valence electrons. The molecule has 1 aromatic carbocycles. The molecular weight excluding hydrogens is 238 g/mol. The first-order chi connectivity index (χ1) is 8.33. The molecule has 1 saturated heterocycles. The van der Waals surface area contributed by atoms with Crippen LogP contribution >= 0.6 is 11.8 Å². The zero-order valence-electron chi connectivity index (χ0n) is 9.44. The van der Waals surface area contributed by atoms with Crippen LogP contribution in [0.5, 0.6) is 17.2 Å². The Balaban J connectivity index is 1.69. The van der Waals surface area contributed by atoms with E-state index in [0.29, 0.717) is 18.3 Å². The van der Waals surface area contributed by atoms with Gasteiger partial charge in [0.1, 0.15) is 5.75 Å². The number of aromatic hydroxyl groups is 1. The third-order valence-corrected chi connectivity index (χ3v) is 4.25. The van der Waals surface area contributed by atoms with Crippen molar-refractivity contribution in [2.75, 3.05) is 18.3 Å². The van der Waals surface area contributed by atoms with Crippen LogP contribution in [0.4, 0.5) is 0 Å². The van der Waals surface area contributed by atoms with Crippen molar-refractivity contribution in [3.63, 3.8) is 0 Å². The van der Waals surface area contributed by atoms with Gasteiger partial charge in [0.05, 0.1) is 0 Å². The van der Waals surface area contributed by atoms with Gasteiger partial charge < -0.3 is 19.9 Å². The molecule has 1 fully saturated rings. The van der Waals surface area contributed by atoms with Crippen molar-refractivity contribution in [1.29, 1.82) is 0 Å². The first-order valence-corrected chi connectivity index (χ1v) is 6.91. The summed E-state index contributed by atoms with van der Waals surface area (Å²) >= 11 is 1.97. The van der Waals surface area contributed by atoms with E-state index in [1.807, 2.05) is 17.8 Å². The molecule has 0 saturated carbocycles. The Labute approximate surface area is 104 Å². The summed E-state index contributed by atoms with van der Waals surface area (Å²) in [4.78, 5) is 0. The second-order valence-electron chi connectivity index (χ2n) is 4.28. The Bertz CT molecular complexity index is 418. The molecule has 0 aliphatic carbocycles. The summed E-state index contributed by atoms with van der Waals surface area (Å²) in [5.41, 5.74) is 0.867. The summed E-state index contributed by atoms with van der Waals surface area (Å²) in [7, 11) is 0. The normalized spacial score (nSPS) is 22.0. The molecule has 1 aromatic rings. The number of fused-ring (bicyclic) bond motifs is 1. The summed E-state index contributed by atoms with van der Waals surface area (Å²) in [6.07, 6.45) is 1.20. The maximum absolute atomic E-state index is 9.87. The number of hydrogen-bond donors (Lipinski definition) is 2. The fourth-order valence-electron chi connectivity index (χ4n) is 2.06. The maximum atomic E-state index is 9.87. The molecule has 2 heterocycles. The van der Waals surface area contributed by atoms with Crippen molar-refractivity contribution in [1.82, 2.24) is 5.32 Å². The standard InChI is InChI=1S/C12H15NO3S/c14-10-4-12-11(15-7-16-12)3-8(10)5-13-9-1-2-17-6-9/h3-4,9,13-14H,1-2,5-7H2. The first kappa shape index (κ1) is 11.0. The third kappa shape index (κ3) is 2.30. The van der Waals surface area contributed by atoms with Crippen molar-refractivity contribution in [3.8, 4) is 17.2 Å². The molecular formula is C12H15NO3S. The van der Waals surface area contributed by atoms with Gasteiger partial charge in [-0.25, -0.2) is 0 Å². The van der Waals surface area contributed by atoms with Gasteiger partial charge in [0, 0.05) is 30.0 Å². The molecule has 0 bridgehead atoms. The maximum Gasteiger partial charge on any atom is 0.231 e. The lowest BCUT2D eigenvalue weighted by Crippen LogP contribution is -2.27. The number of benzene rings is 1. The Morgan fingerprint density at radius 3 is 2.94 bits per heavy atom. The van der Waals surface area contributed by atoms with Crippen LogP contribution in [0.1, 0.15) is 12.0 Å². The summed E-state index contributed by atoms with van der Waals surface area (Å²) in [5.74, 6) is 4.01. The Hall–Kier alpha value is -1.07. The van der Waals surface area contributed by atoms with E-state index in [1.54, 1.807) is 6.07 Å². The highest BCUT2D eigenvalue weighted by Gasteiger charge is 2.19. The second kappa shape index (κ2) is 4.66. The van der Waals surface area contributed by atoms with Gasteiger partial charge in [-0.05, 0) is 18.2 Å². The summed E-state index contributed by atoms with van der Waals surface area (Å²) in [6.45, 7) is 0.915. The van der Waals surface area contributed by atoms with Gasteiger partial charge >= 0.3 is 0 Å². The van der Waals surface area contributed by atoms with Crippen LogP contribution in [0.3, 0.4) is 0 Å². The van der Waals surface area contributed by atoms with Crippen LogP contribution in [0.2, 0.25) is 0 Å². The summed E-state index contributed by atoms with van der Waals surface area (Å²) in [6, 6.07) is 4.04. The highest BCUT2D eigenvalue weighted by Crippen LogP contribution is 2.37. The minimum Gasteiger partial charge on any atom is -0.507 e. The molecule has 0 radical (unpaired) electrons. The van der Waals surface area contributed by atoms with E-state index in [0.717, 1.165) is 17.1 Å². The average Bonchev–Trinajstić information content (AvgIpc) is 2.95. The predicted octanol–water partition coefficient (Wildman–Crippen LogP) is 1.72. The number of phenols is 1. The number of phenolic OH excluding ortho intramolecular Hbond substituents is 1. The zero-order chi connectivity index (χ0) is 11.7. The molecule has 2 aliphatic heterocycles. The number of ether oxygens (including phenoxy) is 2. The van der Waals surface area contributed by atoms with Crippen LogP contribution in [0, 0.1) is 0 Å². The van der Waals surface area contributed by atoms with Gasteiger partial charge in [-0.2, -0.15) is 11.8 Å². The molecule has 0 amide bonds. The lowest BCUT2D eigenvalue weighted by molar-refractivity contribution is 0.174. The Morgan fingerprint density at radius 2 is 2.18 bits per heavy atom. The van der Waals surface area contributed by atoms with Gasteiger partial charge in [0.15, 0.2) is 11.5 Å². The summed E-state index contributed by atoms with van der Waals surface area (Å²) in [5, 5.41) is 13.3. The Morgan fingerprint density at radius 1 is 1.35 bits per heavy atom. The third-order valence-electron chi connectivity index (χ3n) is 3.08.